The number of carboxylic acids is 1. The maximum Gasteiger partial charge on any atom is 0.326 e. The molecule has 0 saturated carbocycles. The molecule has 4 rings (SSSR count). The Balaban J connectivity index is 1.62. The molecule has 0 bridgehead atoms. The second kappa shape index (κ2) is 8.03. The summed E-state index contributed by atoms with van der Waals surface area (Å²) in [7, 11) is 0. The standard InChI is InChI=1S/C22H23N3O4/c26-20(19-16-9-3-1-6-14(16)12-13-23-19)24-17-10-4-2-7-15-8-5-11-18(22(28)29)25(15)21(17)27/h1-4,6,9,12-13,15,17-18H,5,7-8,10-11H2,(H,24,26)(H,28,29)/t15-,17-,18-/m0/s1. The number of nitrogens with one attached hydrogen (secondary N) is 1. The van der Waals surface area contributed by atoms with Crippen LogP contribution in [0, 0.1) is 0 Å². The lowest BCUT2D eigenvalue weighted by Gasteiger charge is -2.42. The molecule has 1 aromatic carbocycles. The van der Waals surface area contributed by atoms with E-state index < -0.39 is 24.0 Å². The molecular weight excluding hydrogens is 370 g/mol. The number of rotatable bonds is 3. The SMILES string of the molecule is O=C(N[C@H]1CC=CC[C@H]2CCC[C@@H](C(=O)O)N2C1=O)c1nccc2ccccc12. The minimum atomic E-state index is -0.992. The Morgan fingerprint density at radius 1 is 1.10 bits per heavy atom. The molecule has 0 radical (unpaired) electrons. The van der Waals surface area contributed by atoms with Gasteiger partial charge in [0.05, 0.1) is 0 Å². The fourth-order valence-corrected chi connectivity index (χ4v) is 4.30. The molecule has 3 atom stereocenters. The molecule has 1 aromatic heterocycles. The van der Waals surface area contributed by atoms with Crippen LogP contribution in [0.4, 0.5) is 0 Å². The van der Waals surface area contributed by atoms with Crippen molar-refractivity contribution in [2.75, 3.05) is 0 Å². The van der Waals surface area contributed by atoms with E-state index in [4.69, 9.17) is 0 Å². The van der Waals surface area contributed by atoms with E-state index in [9.17, 15) is 19.5 Å². The molecule has 1 saturated heterocycles. The van der Waals surface area contributed by atoms with Crippen LogP contribution in [0.2, 0.25) is 0 Å². The van der Waals surface area contributed by atoms with Gasteiger partial charge in [-0.25, -0.2) is 4.79 Å². The van der Waals surface area contributed by atoms with Gasteiger partial charge in [0.15, 0.2) is 0 Å². The van der Waals surface area contributed by atoms with Crippen LogP contribution in [0.3, 0.4) is 0 Å². The van der Waals surface area contributed by atoms with Crippen molar-refractivity contribution in [3.8, 4) is 0 Å². The predicted molar refractivity (Wildman–Crippen MR) is 107 cm³/mol. The molecule has 2 aliphatic rings. The van der Waals surface area contributed by atoms with Gasteiger partial charge in [0, 0.05) is 17.6 Å². The van der Waals surface area contributed by atoms with Gasteiger partial charge in [-0.05, 0) is 43.6 Å². The fraction of sp³-hybridized carbons (Fsp3) is 0.364. The monoisotopic (exact) mass is 393 g/mol. The zero-order chi connectivity index (χ0) is 20.4. The van der Waals surface area contributed by atoms with E-state index in [1.807, 2.05) is 42.5 Å². The van der Waals surface area contributed by atoms with Crippen LogP contribution in [-0.4, -0.2) is 50.9 Å². The number of carbonyl (C=O) groups is 3. The van der Waals surface area contributed by atoms with Crippen LogP contribution in [0.5, 0.6) is 0 Å². The van der Waals surface area contributed by atoms with Crippen molar-refractivity contribution in [3.63, 3.8) is 0 Å². The smallest absolute Gasteiger partial charge is 0.326 e. The summed E-state index contributed by atoms with van der Waals surface area (Å²) in [6, 6.07) is 7.45. The Bertz CT molecular complexity index is 982. The maximum absolute atomic E-state index is 13.3. The van der Waals surface area contributed by atoms with Gasteiger partial charge in [-0.15, -0.1) is 0 Å². The zero-order valence-electron chi connectivity index (χ0n) is 16.0. The summed E-state index contributed by atoms with van der Waals surface area (Å²) in [5.41, 5.74) is 0.256. The molecule has 2 N–H and O–H groups in total. The highest BCUT2D eigenvalue weighted by Gasteiger charge is 2.41. The zero-order valence-corrected chi connectivity index (χ0v) is 16.0. The summed E-state index contributed by atoms with van der Waals surface area (Å²) in [5.74, 6) is -1.76. The number of piperidine rings is 1. The maximum atomic E-state index is 13.3. The molecule has 0 aliphatic carbocycles. The molecule has 7 nitrogen and oxygen atoms in total. The lowest BCUT2D eigenvalue weighted by atomic mass is 9.90. The van der Waals surface area contributed by atoms with Gasteiger partial charge in [0.1, 0.15) is 17.8 Å². The van der Waals surface area contributed by atoms with Gasteiger partial charge in [-0.1, -0.05) is 36.4 Å². The number of amides is 2. The van der Waals surface area contributed by atoms with Crippen molar-refractivity contribution < 1.29 is 19.5 Å². The van der Waals surface area contributed by atoms with Crippen LogP contribution >= 0.6 is 0 Å². The summed E-state index contributed by atoms with van der Waals surface area (Å²) in [6.07, 6.45) is 8.38. The van der Waals surface area contributed by atoms with Crippen LogP contribution in [0.15, 0.2) is 48.7 Å². The summed E-state index contributed by atoms with van der Waals surface area (Å²) in [5, 5.41) is 14.0. The summed E-state index contributed by atoms with van der Waals surface area (Å²) in [4.78, 5) is 43.7. The molecule has 150 valence electrons. The first-order valence-corrected chi connectivity index (χ1v) is 9.91. The molecule has 1 fully saturated rings. The minimum Gasteiger partial charge on any atom is -0.480 e. The van der Waals surface area contributed by atoms with Crippen molar-refractivity contribution in [1.29, 1.82) is 0 Å². The van der Waals surface area contributed by atoms with Gasteiger partial charge in [-0.2, -0.15) is 0 Å². The van der Waals surface area contributed by atoms with Crippen molar-refractivity contribution in [3.05, 3.63) is 54.4 Å². The van der Waals surface area contributed by atoms with E-state index in [-0.39, 0.29) is 17.6 Å². The number of carboxylic acid groups (broad SMARTS) is 1. The van der Waals surface area contributed by atoms with Gasteiger partial charge in [0.25, 0.3) is 5.91 Å². The van der Waals surface area contributed by atoms with Crippen LogP contribution < -0.4 is 5.32 Å². The van der Waals surface area contributed by atoms with E-state index in [0.29, 0.717) is 24.6 Å². The highest BCUT2D eigenvalue weighted by molar-refractivity contribution is 6.06. The summed E-state index contributed by atoms with van der Waals surface area (Å²) < 4.78 is 0. The molecule has 29 heavy (non-hydrogen) atoms. The molecule has 0 spiro atoms. The van der Waals surface area contributed by atoms with Crippen molar-refractivity contribution >= 4 is 28.6 Å². The third-order valence-corrected chi connectivity index (χ3v) is 5.72. The second-order valence-electron chi connectivity index (χ2n) is 7.53. The lowest BCUT2D eigenvalue weighted by molar-refractivity contribution is -0.156. The van der Waals surface area contributed by atoms with E-state index in [0.717, 1.165) is 18.2 Å². The van der Waals surface area contributed by atoms with Gasteiger partial charge in [0.2, 0.25) is 5.91 Å². The van der Waals surface area contributed by atoms with Gasteiger partial charge < -0.3 is 15.3 Å². The Hall–Kier alpha value is -3.22. The molecular formula is C22H23N3O4. The highest BCUT2D eigenvalue weighted by atomic mass is 16.4. The number of hydrogen-bond acceptors (Lipinski definition) is 4. The number of carbonyl (C=O) groups excluding carboxylic acids is 2. The lowest BCUT2D eigenvalue weighted by Crippen LogP contribution is -2.59. The Morgan fingerprint density at radius 3 is 2.72 bits per heavy atom. The predicted octanol–water partition coefficient (Wildman–Crippen LogP) is 2.52. The first-order chi connectivity index (χ1) is 14.1. The molecule has 3 heterocycles. The molecule has 2 aliphatic heterocycles. The van der Waals surface area contributed by atoms with Crippen molar-refractivity contribution in [2.24, 2.45) is 0 Å². The Labute approximate surface area is 168 Å². The van der Waals surface area contributed by atoms with Crippen LogP contribution in [0.25, 0.3) is 10.8 Å². The molecule has 2 aromatic rings. The quantitative estimate of drug-likeness (QED) is 0.781. The van der Waals surface area contributed by atoms with E-state index >= 15 is 0 Å². The number of pyridine rings is 1. The van der Waals surface area contributed by atoms with Crippen molar-refractivity contribution in [2.45, 2.75) is 50.2 Å². The fourth-order valence-electron chi connectivity index (χ4n) is 4.30. The number of benzene rings is 1. The first-order valence-electron chi connectivity index (χ1n) is 9.91. The third-order valence-electron chi connectivity index (χ3n) is 5.72. The average Bonchev–Trinajstić information content (AvgIpc) is 2.73. The van der Waals surface area contributed by atoms with Crippen LogP contribution in [-0.2, 0) is 9.59 Å². The van der Waals surface area contributed by atoms with Crippen molar-refractivity contribution in [1.82, 2.24) is 15.2 Å². The summed E-state index contributed by atoms with van der Waals surface area (Å²) in [6.45, 7) is 0. The third kappa shape index (κ3) is 3.72. The van der Waals surface area contributed by atoms with Crippen LogP contribution in [0.1, 0.15) is 42.6 Å². The Morgan fingerprint density at radius 2 is 1.90 bits per heavy atom. The largest absolute Gasteiger partial charge is 0.480 e. The van der Waals surface area contributed by atoms with E-state index in [2.05, 4.69) is 10.3 Å². The average molecular weight is 393 g/mol. The highest BCUT2D eigenvalue weighted by Crippen LogP contribution is 2.28. The normalized spacial score (nSPS) is 24.5. The van der Waals surface area contributed by atoms with Gasteiger partial charge >= 0.3 is 5.97 Å². The Kier molecular flexibility index (Phi) is 5.29. The number of aliphatic carboxylic acids is 1. The topological polar surface area (TPSA) is 99.6 Å². The molecule has 7 heteroatoms. The number of hydrogen-bond donors (Lipinski definition) is 2. The first kappa shape index (κ1) is 19.1. The summed E-state index contributed by atoms with van der Waals surface area (Å²) >= 11 is 0. The molecule has 2 amide bonds. The van der Waals surface area contributed by atoms with E-state index in [1.165, 1.54) is 4.90 Å². The molecule has 0 unspecified atom stereocenters. The van der Waals surface area contributed by atoms with E-state index in [1.54, 1.807) is 6.20 Å². The second-order valence-corrected chi connectivity index (χ2v) is 7.53. The van der Waals surface area contributed by atoms with Gasteiger partial charge in [-0.3, -0.25) is 14.6 Å². The number of nitrogens with zero attached hydrogens (tertiary/aromatic N) is 2. The minimum absolute atomic E-state index is 0.149. The number of aromatic nitrogens is 1. The number of fused-ring (bicyclic) bond motifs is 2.